The molecule has 1 aromatic carbocycles. The number of thioether (sulfide) groups is 1. The van der Waals surface area contributed by atoms with E-state index < -0.39 is 0 Å². The highest BCUT2D eigenvalue weighted by Gasteiger charge is 2.45. The van der Waals surface area contributed by atoms with Gasteiger partial charge in [-0.1, -0.05) is 36.4 Å². The molecule has 0 amide bonds. The molecule has 0 N–H and O–H groups in total. The summed E-state index contributed by atoms with van der Waals surface area (Å²) in [4.78, 5) is 12.2. The largest absolute Gasteiger partial charge is 0.490 e. The minimum Gasteiger partial charge on any atom is -0.490 e. The lowest BCUT2D eigenvalue weighted by molar-refractivity contribution is 0.222. The number of ether oxygens (including phenoxy) is 2. The lowest BCUT2D eigenvalue weighted by atomic mass is 9.95. The van der Waals surface area contributed by atoms with Crippen molar-refractivity contribution >= 4 is 28.5 Å². The Bertz CT molecular complexity index is 922. The molecule has 30 heavy (non-hydrogen) atoms. The lowest BCUT2D eigenvalue weighted by Gasteiger charge is -2.32. The third-order valence-corrected chi connectivity index (χ3v) is 6.76. The molecule has 0 spiro atoms. The highest BCUT2D eigenvalue weighted by atomic mass is 35.5. The summed E-state index contributed by atoms with van der Waals surface area (Å²) in [5, 5.41) is 1.66. The molecule has 3 unspecified atom stereocenters. The van der Waals surface area contributed by atoms with Crippen molar-refractivity contribution in [1.82, 2.24) is 9.88 Å². The number of aromatic nitrogens is 1. The zero-order valence-corrected chi connectivity index (χ0v) is 19.4. The molecular weight excluding hydrogens is 418 g/mol. The van der Waals surface area contributed by atoms with E-state index in [1.165, 1.54) is 0 Å². The average molecular weight is 446 g/mol. The van der Waals surface area contributed by atoms with Crippen LogP contribution in [0.4, 0.5) is 0 Å². The molecule has 2 aliphatic rings. The lowest BCUT2D eigenvalue weighted by Crippen LogP contribution is -2.35. The maximum absolute atomic E-state index is 6.72. The van der Waals surface area contributed by atoms with Crippen molar-refractivity contribution in [2.75, 3.05) is 12.4 Å². The van der Waals surface area contributed by atoms with Crippen LogP contribution in [-0.4, -0.2) is 39.6 Å². The first-order valence-corrected chi connectivity index (χ1v) is 11.9. The Kier molecular flexibility index (Phi) is 6.44. The van der Waals surface area contributed by atoms with Gasteiger partial charge in [-0.3, -0.25) is 9.98 Å². The van der Waals surface area contributed by atoms with E-state index in [4.69, 9.17) is 26.1 Å². The Morgan fingerprint density at radius 1 is 1.27 bits per heavy atom. The molecule has 0 radical (unpaired) electrons. The monoisotopic (exact) mass is 445 g/mol. The van der Waals surface area contributed by atoms with Crippen molar-refractivity contribution in [1.29, 1.82) is 0 Å². The van der Waals surface area contributed by atoms with Crippen molar-refractivity contribution in [2.45, 2.75) is 58.3 Å². The highest BCUT2D eigenvalue weighted by molar-refractivity contribution is 8.14. The zero-order valence-electron chi connectivity index (χ0n) is 17.8. The van der Waals surface area contributed by atoms with Gasteiger partial charge in [-0.2, -0.15) is 0 Å². The summed E-state index contributed by atoms with van der Waals surface area (Å²) in [6, 6.07) is 10.5. The number of amidine groups is 1. The molecule has 0 aliphatic carbocycles. The quantitative estimate of drug-likeness (QED) is 0.530. The molecule has 5 nitrogen and oxygen atoms in total. The first-order chi connectivity index (χ1) is 14.5. The van der Waals surface area contributed by atoms with Crippen molar-refractivity contribution in [3.63, 3.8) is 0 Å². The van der Waals surface area contributed by atoms with Gasteiger partial charge in [-0.15, -0.1) is 0 Å². The SMILES string of the molecule is CCOc1cc(C2C(c3ccccn3)N=C3SCC(CC)N32)cc(Cl)c1OC(C)C. The van der Waals surface area contributed by atoms with Gasteiger partial charge in [0.05, 0.1) is 29.5 Å². The summed E-state index contributed by atoms with van der Waals surface area (Å²) in [5.41, 5.74) is 2.05. The van der Waals surface area contributed by atoms with E-state index in [0.717, 1.165) is 28.6 Å². The summed E-state index contributed by atoms with van der Waals surface area (Å²) >= 11 is 8.55. The molecule has 2 aromatic rings. The average Bonchev–Trinajstić information content (AvgIpc) is 3.30. The van der Waals surface area contributed by atoms with Gasteiger partial charge < -0.3 is 14.4 Å². The highest BCUT2D eigenvalue weighted by Crippen LogP contribution is 2.50. The van der Waals surface area contributed by atoms with Gasteiger partial charge in [0.2, 0.25) is 0 Å². The van der Waals surface area contributed by atoms with Crippen LogP contribution in [0.25, 0.3) is 0 Å². The van der Waals surface area contributed by atoms with E-state index in [1.54, 1.807) is 0 Å². The fourth-order valence-electron chi connectivity index (χ4n) is 4.08. The number of hydrogen-bond acceptors (Lipinski definition) is 6. The molecule has 3 heterocycles. The van der Waals surface area contributed by atoms with Gasteiger partial charge >= 0.3 is 0 Å². The summed E-state index contributed by atoms with van der Waals surface area (Å²) in [7, 11) is 0. The molecule has 0 saturated carbocycles. The maximum Gasteiger partial charge on any atom is 0.180 e. The Morgan fingerprint density at radius 2 is 2.10 bits per heavy atom. The van der Waals surface area contributed by atoms with Crippen LogP contribution in [0.1, 0.15) is 57.5 Å². The third-order valence-electron chi connectivity index (χ3n) is 5.36. The van der Waals surface area contributed by atoms with Crippen LogP contribution in [0, 0.1) is 0 Å². The van der Waals surface area contributed by atoms with Crippen LogP contribution in [0.2, 0.25) is 5.02 Å². The van der Waals surface area contributed by atoms with Crippen LogP contribution in [0.3, 0.4) is 0 Å². The number of benzene rings is 1. The van der Waals surface area contributed by atoms with E-state index in [1.807, 2.05) is 56.9 Å². The second kappa shape index (κ2) is 9.06. The molecule has 0 bridgehead atoms. The summed E-state index contributed by atoms with van der Waals surface area (Å²) in [6.07, 6.45) is 2.91. The molecule has 4 rings (SSSR count). The van der Waals surface area contributed by atoms with E-state index in [0.29, 0.717) is 29.2 Å². The number of halogens is 1. The Morgan fingerprint density at radius 3 is 2.77 bits per heavy atom. The standard InChI is InChI=1S/C23H28ClN3O2S/c1-5-16-13-30-23-26-20(18-9-7-8-10-25-18)21(27(16)23)15-11-17(24)22(29-14(3)4)19(12-15)28-6-2/h7-12,14,16,20-21H,5-6,13H2,1-4H3. The fourth-order valence-corrected chi connectivity index (χ4v) is 5.68. The van der Waals surface area contributed by atoms with Crippen LogP contribution in [-0.2, 0) is 0 Å². The first kappa shape index (κ1) is 21.3. The second-order valence-corrected chi connectivity index (χ2v) is 9.16. The fraction of sp³-hybridized carbons (Fsp3) is 0.478. The smallest absolute Gasteiger partial charge is 0.180 e. The molecule has 7 heteroatoms. The van der Waals surface area contributed by atoms with E-state index in [2.05, 4.69) is 28.9 Å². The van der Waals surface area contributed by atoms with Gasteiger partial charge in [0.25, 0.3) is 0 Å². The number of nitrogens with zero attached hydrogens (tertiary/aromatic N) is 3. The number of rotatable bonds is 7. The van der Waals surface area contributed by atoms with Crippen molar-refractivity contribution in [2.24, 2.45) is 4.99 Å². The van der Waals surface area contributed by atoms with Crippen LogP contribution >= 0.6 is 23.4 Å². The Labute approximate surface area is 187 Å². The number of aliphatic imine (C=N–C) groups is 1. The second-order valence-electron chi connectivity index (χ2n) is 7.77. The molecule has 2 aliphatic heterocycles. The normalized spacial score (nSPS) is 22.9. The van der Waals surface area contributed by atoms with Crippen LogP contribution in [0.5, 0.6) is 11.5 Å². The summed E-state index contributed by atoms with van der Waals surface area (Å²) in [5.74, 6) is 2.34. The zero-order chi connectivity index (χ0) is 21.3. The summed E-state index contributed by atoms with van der Waals surface area (Å²) < 4.78 is 11.9. The van der Waals surface area contributed by atoms with Crippen molar-refractivity contribution in [3.05, 3.63) is 52.8 Å². The van der Waals surface area contributed by atoms with Crippen LogP contribution < -0.4 is 9.47 Å². The van der Waals surface area contributed by atoms with Crippen LogP contribution in [0.15, 0.2) is 41.5 Å². The van der Waals surface area contributed by atoms with Gasteiger partial charge in [-0.25, -0.2) is 0 Å². The minimum atomic E-state index is -0.0783. The first-order valence-electron chi connectivity index (χ1n) is 10.6. The molecule has 160 valence electrons. The van der Waals surface area contributed by atoms with Gasteiger partial charge in [0, 0.05) is 18.0 Å². The number of pyridine rings is 1. The van der Waals surface area contributed by atoms with E-state index in [9.17, 15) is 0 Å². The van der Waals surface area contributed by atoms with Gasteiger partial charge in [0.1, 0.15) is 6.04 Å². The summed E-state index contributed by atoms with van der Waals surface area (Å²) in [6.45, 7) is 8.72. The minimum absolute atomic E-state index is 0.00898. The Hall–Kier alpha value is -1.92. The Balaban J connectivity index is 1.81. The molecule has 1 aromatic heterocycles. The predicted octanol–water partition coefficient (Wildman–Crippen LogP) is 5.90. The van der Waals surface area contributed by atoms with E-state index in [-0.39, 0.29) is 18.2 Å². The molecule has 3 atom stereocenters. The molecule has 1 saturated heterocycles. The topological polar surface area (TPSA) is 47.0 Å². The maximum atomic E-state index is 6.72. The third kappa shape index (κ3) is 4.00. The molecule has 1 fully saturated rings. The predicted molar refractivity (Wildman–Crippen MR) is 124 cm³/mol. The van der Waals surface area contributed by atoms with Crippen molar-refractivity contribution < 1.29 is 9.47 Å². The number of fused-ring (bicyclic) bond motifs is 1. The molecular formula is C23H28ClN3O2S. The van der Waals surface area contributed by atoms with E-state index >= 15 is 0 Å². The van der Waals surface area contributed by atoms with Gasteiger partial charge in [0.15, 0.2) is 16.7 Å². The van der Waals surface area contributed by atoms with Gasteiger partial charge in [-0.05, 0) is 57.0 Å². The van der Waals surface area contributed by atoms with Crippen molar-refractivity contribution in [3.8, 4) is 11.5 Å². The number of hydrogen-bond donors (Lipinski definition) is 0.